The first-order valence-electron chi connectivity index (χ1n) is 4.80. The van der Waals surface area contributed by atoms with E-state index in [0.29, 0.717) is 6.04 Å². The zero-order valence-electron chi connectivity index (χ0n) is 8.71. The predicted molar refractivity (Wildman–Crippen MR) is 61.3 cm³/mol. The van der Waals surface area contributed by atoms with Gasteiger partial charge < -0.3 is 5.32 Å². The van der Waals surface area contributed by atoms with Crippen LogP contribution in [0, 0.1) is 19.3 Å². The zero-order valence-corrected chi connectivity index (χ0v) is 9.53. The van der Waals surface area contributed by atoms with Crippen LogP contribution in [0.1, 0.15) is 35.9 Å². The van der Waals surface area contributed by atoms with E-state index < -0.39 is 0 Å². The average molecular weight is 208 g/mol. The third kappa shape index (κ3) is 2.83. The number of hydrogen-bond donors (Lipinski definition) is 1. The maximum Gasteiger partial charge on any atom is 0.0798 e. The second-order valence-electron chi connectivity index (χ2n) is 3.24. The molecule has 0 radical (unpaired) electrons. The van der Waals surface area contributed by atoms with Crippen LogP contribution in [0.3, 0.4) is 0 Å². The summed E-state index contributed by atoms with van der Waals surface area (Å²) in [5.41, 5.74) is 3.03. The highest BCUT2D eigenvalue weighted by molar-refractivity contribution is 7.09. The van der Waals surface area contributed by atoms with Gasteiger partial charge in [0.15, 0.2) is 0 Å². The van der Waals surface area contributed by atoms with Crippen LogP contribution in [0.2, 0.25) is 0 Å². The summed E-state index contributed by atoms with van der Waals surface area (Å²) < 4.78 is 0. The lowest BCUT2D eigenvalue weighted by Crippen LogP contribution is -2.15. The van der Waals surface area contributed by atoms with E-state index in [9.17, 15) is 0 Å². The quantitative estimate of drug-likeness (QED) is 0.594. The molecule has 1 aromatic heterocycles. The standard InChI is InChI=1S/C11H16N2S/c1-4-5-6-7-10(12-3)11-9(2)13-8-14-11/h1,8,10,12H,5-7H2,2-3H3. The first-order valence-corrected chi connectivity index (χ1v) is 5.68. The molecule has 1 aromatic rings. The highest BCUT2D eigenvalue weighted by Gasteiger charge is 2.13. The Bertz CT molecular complexity index is 311. The fourth-order valence-electron chi connectivity index (χ4n) is 1.46. The van der Waals surface area contributed by atoms with Crippen molar-refractivity contribution in [2.75, 3.05) is 7.05 Å². The molecule has 0 aliphatic rings. The van der Waals surface area contributed by atoms with E-state index in [0.717, 1.165) is 25.0 Å². The van der Waals surface area contributed by atoms with Gasteiger partial charge in [-0.3, -0.25) is 0 Å². The van der Waals surface area contributed by atoms with Crippen molar-refractivity contribution in [2.24, 2.45) is 0 Å². The SMILES string of the molecule is C#CCCCC(NC)c1scnc1C. The van der Waals surface area contributed by atoms with E-state index in [1.165, 1.54) is 4.88 Å². The summed E-state index contributed by atoms with van der Waals surface area (Å²) in [4.78, 5) is 5.59. The van der Waals surface area contributed by atoms with E-state index in [2.05, 4.69) is 23.1 Å². The molecule has 0 saturated carbocycles. The molecule has 0 spiro atoms. The Hall–Kier alpha value is -0.850. The third-order valence-electron chi connectivity index (χ3n) is 2.26. The van der Waals surface area contributed by atoms with Crippen molar-refractivity contribution in [3.05, 3.63) is 16.1 Å². The number of nitrogens with one attached hydrogen (secondary N) is 1. The molecular formula is C11H16N2S. The Balaban J connectivity index is 2.55. The van der Waals surface area contributed by atoms with Crippen LogP contribution in [0.5, 0.6) is 0 Å². The Morgan fingerprint density at radius 3 is 3.00 bits per heavy atom. The molecule has 0 aliphatic carbocycles. The van der Waals surface area contributed by atoms with Gasteiger partial charge in [-0.2, -0.15) is 0 Å². The van der Waals surface area contributed by atoms with Gasteiger partial charge in [-0.15, -0.1) is 23.7 Å². The molecule has 1 N–H and O–H groups in total. The number of thiazole rings is 1. The fourth-order valence-corrected chi connectivity index (χ4v) is 2.41. The Morgan fingerprint density at radius 2 is 2.50 bits per heavy atom. The van der Waals surface area contributed by atoms with Gasteiger partial charge in [-0.1, -0.05) is 0 Å². The molecule has 0 fully saturated rings. The Kier molecular flexibility index (Phi) is 4.64. The first-order chi connectivity index (χ1) is 6.79. The van der Waals surface area contributed by atoms with Crippen molar-refractivity contribution in [1.29, 1.82) is 0 Å². The topological polar surface area (TPSA) is 24.9 Å². The molecule has 0 saturated heterocycles. The number of hydrogen-bond acceptors (Lipinski definition) is 3. The lowest BCUT2D eigenvalue weighted by Gasteiger charge is -2.14. The second-order valence-corrected chi connectivity index (χ2v) is 4.13. The second kappa shape index (κ2) is 5.79. The van der Waals surface area contributed by atoms with E-state index in [1.807, 2.05) is 12.6 Å². The smallest absolute Gasteiger partial charge is 0.0798 e. The van der Waals surface area contributed by atoms with Crippen molar-refractivity contribution in [3.8, 4) is 12.3 Å². The van der Waals surface area contributed by atoms with Crippen molar-refractivity contribution in [3.63, 3.8) is 0 Å². The largest absolute Gasteiger partial charge is 0.312 e. The highest BCUT2D eigenvalue weighted by Crippen LogP contribution is 2.25. The van der Waals surface area contributed by atoms with Gasteiger partial charge in [0.25, 0.3) is 0 Å². The molecule has 0 aromatic carbocycles. The van der Waals surface area contributed by atoms with Crippen LogP contribution < -0.4 is 5.32 Å². The van der Waals surface area contributed by atoms with Crippen LogP contribution in [0.4, 0.5) is 0 Å². The molecule has 14 heavy (non-hydrogen) atoms. The molecular weight excluding hydrogens is 192 g/mol. The molecule has 1 heterocycles. The number of rotatable bonds is 5. The normalized spacial score (nSPS) is 12.4. The minimum atomic E-state index is 0.413. The molecule has 0 amide bonds. The molecule has 0 aliphatic heterocycles. The van der Waals surface area contributed by atoms with Crippen molar-refractivity contribution in [1.82, 2.24) is 10.3 Å². The maximum absolute atomic E-state index is 5.22. The molecule has 0 bridgehead atoms. The molecule has 76 valence electrons. The maximum atomic E-state index is 5.22. The van der Waals surface area contributed by atoms with Gasteiger partial charge in [0.2, 0.25) is 0 Å². The van der Waals surface area contributed by atoms with Crippen molar-refractivity contribution in [2.45, 2.75) is 32.2 Å². The fraction of sp³-hybridized carbons (Fsp3) is 0.545. The van der Waals surface area contributed by atoms with E-state index >= 15 is 0 Å². The summed E-state index contributed by atoms with van der Waals surface area (Å²) >= 11 is 1.71. The summed E-state index contributed by atoms with van der Waals surface area (Å²) in [5.74, 6) is 2.67. The lowest BCUT2D eigenvalue weighted by molar-refractivity contribution is 0.537. The van der Waals surface area contributed by atoms with Gasteiger partial charge in [-0.05, 0) is 26.8 Å². The Morgan fingerprint density at radius 1 is 1.71 bits per heavy atom. The molecule has 2 nitrogen and oxygen atoms in total. The monoisotopic (exact) mass is 208 g/mol. The predicted octanol–water partition coefficient (Wildman–Crippen LogP) is 2.52. The van der Waals surface area contributed by atoms with Crippen LogP contribution >= 0.6 is 11.3 Å². The van der Waals surface area contributed by atoms with Gasteiger partial charge in [0.1, 0.15) is 0 Å². The van der Waals surface area contributed by atoms with Crippen LogP contribution in [-0.4, -0.2) is 12.0 Å². The molecule has 1 unspecified atom stereocenters. The van der Waals surface area contributed by atoms with Crippen LogP contribution in [-0.2, 0) is 0 Å². The highest BCUT2D eigenvalue weighted by atomic mass is 32.1. The minimum absolute atomic E-state index is 0.413. The van der Waals surface area contributed by atoms with Gasteiger partial charge in [0.05, 0.1) is 11.2 Å². The van der Waals surface area contributed by atoms with E-state index in [-0.39, 0.29) is 0 Å². The average Bonchev–Trinajstić information content (AvgIpc) is 2.60. The van der Waals surface area contributed by atoms with Crippen molar-refractivity contribution < 1.29 is 0 Å². The number of nitrogens with zero attached hydrogens (tertiary/aromatic N) is 1. The number of aromatic nitrogens is 1. The number of aryl methyl sites for hydroxylation is 1. The van der Waals surface area contributed by atoms with Gasteiger partial charge >= 0.3 is 0 Å². The van der Waals surface area contributed by atoms with Crippen LogP contribution in [0.15, 0.2) is 5.51 Å². The lowest BCUT2D eigenvalue weighted by atomic mass is 10.1. The summed E-state index contributed by atoms with van der Waals surface area (Å²) in [6, 6.07) is 0.413. The van der Waals surface area contributed by atoms with Crippen molar-refractivity contribution >= 4 is 11.3 Å². The first kappa shape index (κ1) is 11.2. The van der Waals surface area contributed by atoms with E-state index in [4.69, 9.17) is 6.42 Å². The summed E-state index contributed by atoms with van der Waals surface area (Å²) in [5, 5.41) is 3.31. The molecule has 1 atom stereocenters. The van der Waals surface area contributed by atoms with Crippen LogP contribution in [0.25, 0.3) is 0 Å². The third-order valence-corrected chi connectivity index (χ3v) is 3.31. The summed E-state index contributed by atoms with van der Waals surface area (Å²) in [7, 11) is 1.99. The molecule has 3 heteroatoms. The van der Waals surface area contributed by atoms with Gasteiger partial charge in [-0.25, -0.2) is 4.98 Å². The number of terminal acetylenes is 1. The van der Waals surface area contributed by atoms with Gasteiger partial charge in [0, 0.05) is 17.3 Å². The summed E-state index contributed by atoms with van der Waals surface area (Å²) in [6.45, 7) is 2.05. The minimum Gasteiger partial charge on any atom is -0.312 e. The Labute approximate surface area is 89.8 Å². The molecule has 1 rings (SSSR count). The summed E-state index contributed by atoms with van der Waals surface area (Å²) in [6.07, 6.45) is 8.24. The number of unbranched alkanes of at least 4 members (excludes halogenated alkanes) is 1. The zero-order chi connectivity index (χ0) is 10.4. The van der Waals surface area contributed by atoms with E-state index in [1.54, 1.807) is 11.3 Å².